The fraction of sp³-hybridized carbons (Fsp3) is 0.364. The summed E-state index contributed by atoms with van der Waals surface area (Å²) >= 11 is 23.5. The summed E-state index contributed by atoms with van der Waals surface area (Å²) in [6.07, 6.45) is 2.50. The van der Waals surface area contributed by atoms with E-state index in [-0.39, 0.29) is 44.3 Å². The molecule has 0 aliphatic heterocycles. The Morgan fingerprint density at radius 1 is 0.812 bits per heavy atom. The van der Waals surface area contributed by atoms with E-state index in [0.29, 0.717) is 34.3 Å². The summed E-state index contributed by atoms with van der Waals surface area (Å²) in [4.78, 5) is 8.62. The van der Waals surface area contributed by atoms with E-state index in [2.05, 4.69) is 9.98 Å². The molecule has 0 radical (unpaired) electrons. The first-order valence-electron chi connectivity index (χ1n) is 9.30. The zero-order valence-corrected chi connectivity index (χ0v) is 22.3. The molecule has 32 heavy (non-hydrogen) atoms. The predicted molar refractivity (Wildman–Crippen MR) is 131 cm³/mol. The summed E-state index contributed by atoms with van der Waals surface area (Å²) in [5.41, 5.74) is 0.358. The van der Waals surface area contributed by atoms with Gasteiger partial charge in [-0.3, -0.25) is 9.98 Å². The van der Waals surface area contributed by atoms with Gasteiger partial charge < -0.3 is 15.3 Å². The van der Waals surface area contributed by atoms with Crippen molar-refractivity contribution in [2.75, 3.05) is 13.1 Å². The maximum atomic E-state index is 11.9. The Bertz CT molecular complexity index is 877. The molecule has 0 aromatic heterocycles. The van der Waals surface area contributed by atoms with Gasteiger partial charge in [0.05, 0.1) is 0 Å². The quantitative estimate of drug-likeness (QED) is 0.408. The Balaban J connectivity index is 0.00000177. The molecule has 2 rings (SSSR count). The third-order valence-corrected chi connectivity index (χ3v) is 4.57. The van der Waals surface area contributed by atoms with Crippen LogP contribution in [-0.2, 0) is 0 Å². The van der Waals surface area contributed by atoms with Crippen LogP contribution in [-0.4, -0.2) is 49.0 Å². The average Bonchev–Trinajstić information content (AvgIpc) is 2.62. The van der Waals surface area contributed by atoms with Gasteiger partial charge in [-0.2, -0.15) is 0 Å². The molecule has 0 heterocycles. The molecular formula is C22H23AlCl4N2O3. The molecule has 0 aliphatic carbocycles. The maximum absolute atomic E-state index is 11.9. The van der Waals surface area contributed by atoms with E-state index in [1.165, 1.54) is 36.7 Å². The van der Waals surface area contributed by atoms with Crippen molar-refractivity contribution in [2.24, 2.45) is 15.4 Å². The van der Waals surface area contributed by atoms with Gasteiger partial charge in [-0.1, -0.05) is 85.6 Å². The van der Waals surface area contributed by atoms with Crippen LogP contribution in [0.3, 0.4) is 0 Å². The van der Waals surface area contributed by atoms with Crippen LogP contribution in [0.1, 0.15) is 38.8 Å². The zero-order valence-electron chi connectivity index (χ0n) is 18.2. The van der Waals surface area contributed by atoms with Crippen molar-refractivity contribution >= 4 is 76.2 Å². The fourth-order valence-electron chi connectivity index (χ4n) is 2.18. The van der Waals surface area contributed by atoms with Gasteiger partial charge >= 0.3 is 17.4 Å². The van der Waals surface area contributed by atoms with Crippen LogP contribution in [0.5, 0.6) is 11.5 Å². The minimum absolute atomic E-state index is 0. The zero-order chi connectivity index (χ0) is 23.8. The molecule has 0 N–H and O–H groups in total. The summed E-state index contributed by atoms with van der Waals surface area (Å²) in [7, 11) is 0. The Morgan fingerprint density at radius 3 is 1.44 bits per heavy atom. The third-order valence-electron chi connectivity index (χ3n) is 3.57. The topological polar surface area (TPSA) is 93.9 Å². The number of rotatable bonds is 6. The number of hydrogen-bond donors (Lipinski definition) is 0. The van der Waals surface area contributed by atoms with Gasteiger partial charge in [-0.25, -0.2) is 0 Å². The summed E-state index contributed by atoms with van der Waals surface area (Å²) in [5, 5.41) is 34.3. The molecule has 0 unspecified atom stereocenters. The number of hydrogen-bond acceptors (Lipinski definition) is 5. The van der Waals surface area contributed by atoms with E-state index in [4.69, 9.17) is 46.4 Å². The molecule has 0 saturated carbocycles. The molecule has 10 heteroatoms. The SMILES string of the molecule is CC(C)(CN=Cc1cc(Cl)cc(Cl)c1[O-])CN=Cc1cc(Cl)cc(Cl)c1[O-].CC(C)[O-].[Al+3]. The molecule has 0 amide bonds. The first-order chi connectivity index (χ1) is 14.3. The number of nitrogens with zero attached hydrogens (tertiary/aromatic N) is 2. The van der Waals surface area contributed by atoms with Crippen LogP contribution in [0.4, 0.5) is 0 Å². The van der Waals surface area contributed by atoms with Crippen LogP contribution in [0, 0.1) is 5.41 Å². The second-order valence-corrected chi connectivity index (χ2v) is 9.45. The summed E-state index contributed by atoms with van der Waals surface area (Å²) in [5.74, 6) is -0.636. The second-order valence-electron chi connectivity index (χ2n) is 7.76. The van der Waals surface area contributed by atoms with Crippen LogP contribution in [0.2, 0.25) is 20.1 Å². The van der Waals surface area contributed by atoms with E-state index in [0.717, 1.165) is 0 Å². The number of benzene rings is 2. The molecule has 0 spiro atoms. The van der Waals surface area contributed by atoms with Crippen LogP contribution >= 0.6 is 46.4 Å². The Morgan fingerprint density at radius 2 is 1.12 bits per heavy atom. The number of aliphatic imine (C=N–C) groups is 2. The van der Waals surface area contributed by atoms with Crippen molar-refractivity contribution in [1.82, 2.24) is 0 Å². The third kappa shape index (κ3) is 11.3. The molecule has 2 aromatic rings. The first kappa shape index (κ1) is 31.0. The fourth-order valence-corrected chi connectivity index (χ4v) is 3.20. The van der Waals surface area contributed by atoms with Gasteiger partial charge in [0.2, 0.25) is 0 Å². The van der Waals surface area contributed by atoms with Gasteiger partial charge in [-0.05, 0) is 35.4 Å². The van der Waals surface area contributed by atoms with Crippen molar-refractivity contribution in [2.45, 2.75) is 33.8 Å². The molecule has 0 atom stereocenters. The van der Waals surface area contributed by atoms with E-state index in [1.54, 1.807) is 13.8 Å². The van der Waals surface area contributed by atoms with Crippen LogP contribution < -0.4 is 15.3 Å². The minimum Gasteiger partial charge on any atom is -0.871 e. The Labute approximate surface area is 219 Å². The summed E-state index contributed by atoms with van der Waals surface area (Å²) in [6.45, 7) is 7.98. The van der Waals surface area contributed by atoms with E-state index < -0.39 is 6.10 Å². The second kappa shape index (κ2) is 14.3. The Kier molecular flexibility index (Phi) is 13.9. The van der Waals surface area contributed by atoms with Gasteiger partial charge in [0, 0.05) is 51.0 Å². The molecule has 0 fully saturated rings. The van der Waals surface area contributed by atoms with Crippen molar-refractivity contribution in [1.29, 1.82) is 0 Å². The van der Waals surface area contributed by atoms with E-state index in [1.807, 2.05) is 13.8 Å². The monoisotopic (exact) mass is 530 g/mol. The van der Waals surface area contributed by atoms with E-state index in [9.17, 15) is 15.3 Å². The van der Waals surface area contributed by atoms with Gasteiger partial charge in [0.1, 0.15) is 0 Å². The maximum Gasteiger partial charge on any atom is 3.00 e. The normalized spacial score (nSPS) is 11.6. The largest absolute Gasteiger partial charge is 3.00 e. The average molecular weight is 532 g/mol. The molecule has 0 saturated heterocycles. The van der Waals surface area contributed by atoms with Crippen molar-refractivity contribution in [3.8, 4) is 11.5 Å². The van der Waals surface area contributed by atoms with Crippen LogP contribution in [0.25, 0.3) is 0 Å². The molecule has 0 aliphatic rings. The summed E-state index contributed by atoms with van der Waals surface area (Å²) < 4.78 is 0. The van der Waals surface area contributed by atoms with Crippen molar-refractivity contribution in [3.63, 3.8) is 0 Å². The first-order valence-corrected chi connectivity index (χ1v) is 10.8. The summed E-state index contributed by atoms with van der Waals surface area (Å²) in [6, 6.07) is 5.83. The van der Waals surface area contributed by atoms with Crippen molar-refractivity contribution < 1.29 is 15.3 Å². The minimum atomic E-state index is -0.417. The van der Waals surface area contributed by atoms with Gasteiger partial charge in [-0.15, -0.1) is 6.10 Å². The smallest absolute Gasteiger partial charge is 0.871 e. The van der Waals surface area contributed by atoms with Gasteiger partial charge in [0.25, 0.3) is 0 Å². The number of halogens is 4. The standard InChI is InChI=1S/C19H18Cl4N2O2.C3H7O.Al/c1-19(2,9-24-7-11-3-13(20)5-15(22)17(11)26)10-25-8-12-4-14(21)6-16(23)18(12)27;1-3(2)4;/h3-8,26-27H,9-10H2,1-2H3;3H,1-2H3;/q;-1;+3/p-2. The van der Waals surface area contributed by atoms with Crippen LogP contribution in [0.15, 0.2) is 34.3 Å². The van der Waals surface area contributed by atoms with E-state index >= 15 is 0 Å². The molecule has 5 nitrogen and oxygen atoms in total. The molecule has 2 aromatic carbocycles. The Hall–Kier alpha value is -0.968. The van der Waals surface area contributed by atoms with Gasteiger partial charge in [0.15, 0.2) is 0 Å². The molecule has 170 valence electrons. The van der Waals surface area contributed by atoms with Crippen molar-refractivity contribution in [3.05, 3.63) is 55.5 Å². The predicted octanol–water partition coefficient (Wildman–Crippen LogP) is 4.39. The molecular weight excluding hydrogens is 509 g/mol. The molecule has 0 bridgehead atoms.